The lowest BCUT2D eigenvalue weighted by atomic mass is 9.90. The largest absolute Gasteiger partial charge is 0.481 e. The molecule has 2 rings (SSSR count). The molecular formula is C21H34O4. The maximum atomic E-state index is 10.6. The van der Waals surface area contributed by atoms with E-state index < -0.39 is 12.1 Å². The zero-order valence-corrected chi connectivity index (χ0v) is 15.4. The minimum Gasteiger partial charge on any atom is -0.481 e. The van der Waals surface area contributed by atoms with Crippen LogP contribution in [0.2, 0.25) is 0 Å². The fourth-order valence-corrected chi connectivity index (χ4v) is 4.46. The summed E-state index contributed by atoms with van der Waals surface area (Å²) in [7, 11) is 0. The highest BCUT2D eigenvalue weighted by Gasteiger charge is 2.44. The monoisotopic (exact) mass is 350 g/mol. The van der Waals surface area contributed by atoms with Gasteiger partial charge in [0.05, 0.1) is 12.2 Å². The van der Waals surface area contributed by atoms with E-state index in [4.69, 9.17) is 5.11 Å². The Morgan fingerprint density at radius 1 is 1.28 bits per heavy atom. The van der Waals surface area contributed by atoms with Crippen LogP contribution in [-0.4, -0.2) is 33.5 Å². The Labute approximate surface area is 151 Å². The van der Waals surface area contributed by atoms with Gasteiger partial charge in [0.2, 0.25) is 0 Å². The second-order valence-electron chi connectivity index (χ2n) is 7.81. The highest BCUT2D eigenvalue weighted by Crippen LogP contribution is 2.50. The molecule has 0 bridgehead atoms. The summed E-state index contributed by atoms with van der Waals surface area (Å²) in [5.41, 5.74) is 1.43. The zero-order valence-electron chi connectivity index (χ0n) is 15.4. The lowest BCUT2D eigenvalue weighted by Gasteiger charge is -2.17. The molecule has 2 aliphatic carbocycles. The molecule has 0 aliphatic heterocycles. The summed E-state index contributed by atoms with van der Waals surface area (Å²) in [4.78, 5) is 10.6. The minimum absolute atomic E-state index is 0.149. The number of allylic oxidation sites excluding steroid dienone is 2. The number of aliphatic carboxylic acids is 1. The van der Waals surface area contributed by atoms with Gasteiger partial charge in [-0.25, -0.2) is 0 Å². The van der Waals surface area contributed by atoms with Crippen molar-refractivity contribution >= 4 is 5.97 Å². The Balaban J connectivity index is 1.83. The lowest BCUT2D eigenvalue weighted by molar-refractivity contribution is -0.137. The van der Waals surface area contributed by atoms with E-state index in [-0.39, 0.29) is 18.4 Å². The Bertz CT molecular complexity index is 482. The first-order valence-corrected chi connectivity index (χ1v) is 9.95. The van der Waals surface area contributed by atoms with Crippen LogP contribution >= 0.6 is 0 Å². The van der Waals surface area contributed by atoms with E-state index in [9.17, 15) is 15.0 Å². The molecule has 0 spiro atoms. The van der Waals surface area contributed by atoms with Crippen LogP contribution in [0.4, 0.5) is 0 Å². The van der Waals surface area contributed by atoms with Crippen molar-refractivity contribution in [2.24, 2.45) is 17.8 Å². The van der Waals surface area contributed by atoms with Crippen LogP contribution in [0.25, 0.3) is 0 Å². The molecule has 2 saturated carbocycles. The van der Waals surface area contributed by atoms with Crippen molar-refractivity contribution in [2.45, 2.75) is 83.3 Å². The molecule has 2 aliphatic rings. The molecule has 0 heterocycles. The van der Waals surface area contributed by atoms with Gasteiger partial charge in [-0.2, -0.15) is 0 Å². The average molecular weight is 350 g/mol. The van der Waals surface area contributed by atoms with Crippen LogP contribution in [0.15, 0.2) is 23.8 Å². The molecule has 2 fully saturated rings. The third-order valence-corrected chi connectivity index (χ3v) is 5.80. The van der Waals surface area contributed by atoms with Crippen LogP contribution in [-0.2, 0) is 4.79 Å². The first-order chi connectivity index (χ1) is 12.0. The quantitative estimate of drug-likeness (QED) is 0.410. The fourth-order valence-electron chi connectivity index (χ4n) is 4.46. The summed E-state index contributed by atoms with van der Waals surface area (Å²) in [5, 5.41) is 29.1. The summed E-state index contributed by atoms with van der Waals surface area (Å²) in [5.74, 6) is 0.427. The Kier molecular flexibility index (Phi) is 8.17. The summed E-state index contributed by atoms with van der Waals surface area (Å²) < 4.78 is 0. The number of hydrogen-bond donors (Lipinski definition) is 3. The van der Waals surface area contributed by atoms with Crippen molar-refractivity contribution < 1.29 is 20.1 Å². The Hall–Kier alpha value is -1.13. The minimum atomic E-state index is -0.729. The normalized spacial score (nSPS) is 31.7. The molecule has 0 saturated heterocycles. The van der Waals surface area contributed by atoms with E-state index in [2.05, 4.69) is 19.1 Å². The second kappa shape index (κ2) is 10.1. The molecule has 3 N–H and O–H groups in total. The van der Waals surface area contributed by atoms with Crippen LogP contribution in [0, 0.1) is 17.8 Å². The average Bonchev–Trinajstić information content (AvgIpc) is 3.06. The lowest BCUT2D eigenvalue weighted by Crippen LogP contribution is -2.17. The van der Waals surface area contributed by atoms with Gasteiger partial charge in [0, 0.05) is 12.3 Å². The standard InChI is InChI=1S/C21H34O4/c1-2-3-4-8-17(22)10-11-18-19-13-15(7-5-6-9-21(24)25)12-16(19)14-20(18)23/h7,10-11,16-20,22-23H,2-6,8-9,12-14H2,1H3,(H,24,25)/b11-10-,15-7+/t16-,17-,18+,19-,20+/m0/s1. The summed E-state index contributed by atoms with van der Waals surface area (Å²) in [6.07, 6.45) is 14.3. The predicted molar refractivity (Wildman–Crippen MR) is 99.2 cm³/mol. The topological polar surface area (TPSA) is 77.8 Å². The summed E-state index contributed by atoms with van der Waals surface area (Å²) >= 11 is 0. The van der Waals surface area contributed by atoms with Crippen molar-refractivity contribution in [2.75, 3.05) is 0 Å². The Morgan fingerprint density at radius 2 is 2.08 bits per heavy atom. The molecule has 4 heteroatoms. The number of fused-ring (bicyclic) bond motifs is 1. The maximum Gasteiger partial charge on any atom is 0.303 e. The van der Waals surface area contributed by atoms with Gasteiger partial charge in [0.25, 0.3) is 0 Å². The first kappa shape index (κ1) is 20.2. The second-order valence-corrected chi connectivity index (χ2v) is 7.81. The van der Waals surface area contributed by atoms with Crippen molar-refractivity contribution in [1.82, 2.24) is 0 Å². The number of hydrogen-bond acceptors (Lipinski definition) is 3. The van der Waals surface area contributed by atoms with Gasteiger partial charge in [0.15, 0.2) is 0 Å². The van der Waals surface area contributed by atoms with Crippen molar-refractivity contribution in [1.29, 1.82) is 0 Å². The van der Waals surface area contributed by atoms with Crippen LogP contribution in [0.1, 0.15) is 71.1 Å². The van der Waals surface area contributed by atoms with E-state index in [0.717, 1.165) is 51.4 Å². The molecule has 25 heavy (non-hydrogen) atoms. The van der Waals surface area contributed by atoms with Gasteiger partial charge >= 0.3 is 5.97 Å². The van der Waals surface area contributed by atoms with Crippen molar-refractivity contribution in [3.05, 3.63) is 23.8 Å². The number of aliphatic hydroxyl groups is 2. The Morgan fingerprint density at radius 3 is 2.80 bits per heavy atom. The van der Waals surface area contributed by atoms with Crippen LogP contribution < -0.4 is 0 Å². The molecule has 0 aromatic heterocycles. The predicted octanol–water partition coefficient (Wildman–Crippen LogP) is 4.07. The van der Waals surface area contributed by atoms with E-state index in [0.29, 0.717) is 18.3 Å². The highest BCUT2D eigenvalue weighted by atomic mass is 16.4. The molecule has 0 aromatic carbocycles. The molecule has 0 amide bonds. The summed E-state index contributed by atoms with van der Waals surface area (Å²) in [6, 6.07) is 0. The van der Waals surface area contributed by atoms with Gasteiger partial charge in [-0.05, 0) is 50.4 Å². The maximum absolute atomic E-state index is 10.6. The molecule has 142 valence electrons. The molecule has 0 unspecified atom stereocenters. The number of aliphatic hydroxyl groups excluding tert-OH is 2. The van der Waals surface area contributed by atoms with Crippen LogP contribution in [0.3, 0.4) is 0 Å². The summed E-state index contributed by atoms with van der Waals surface area (Å²) in [6.45, 7) is 2.16. The van der Waals surface area contributed by atoms with E-state index in [1.165, 1.54) is 5.57 Å². The number of rotatable bonds is 10. The molecule has 0 aromatic rings. The van der Waals surface area contributed by atoms with Crippen LogP contribution in [0.5, 0.6) is 0 Å². The molecule has 4 nitrogen and oxygen atoms in total. The number of carbonyl (C=O) groups is 1. The van der Waals surface area contributed by atoms with Crippen molar-refractivity contribution in [3.8, 4) is 0 Å². The van der Waals surface area contributed by atoms with Gasteiger partial charge in [-0.3, -0.25) is 4.79 Å². The van der Waals surface area contributed by atoms with Crippen molar-refractivity contribution in [3.63, 3.8) is 0 Å². The zero-order chi connectivity index (χ0) is 18.2. The fraction of sp³-hybridized carbons (Fsp3) is 0.762. The van der Waals surface area contributed by atoms with Gasteiger partial charge < -0.3 is 15.3 Å². The SMILES string of the molecule is CCCCC[C@H](O)/C=C\[C@@H]1[C@H]2C/C(=C/CCCC(=O)O)C[C@H]2C[C@H]1O. The first-order valence-electron chi connectivity index (χ1n) is 9.95. The van der Waals surface area contributed by atoms with E-state index in [1.807, 2.05) is 6.08 Å². The van der Waals surface area contributed by atoms with Gasteiger partial charge in [-0.1, -0.05) is 50.0 Å². The number of unbranched alkanes of at least 4 members (excludes halogenated alkanes) is 3. The molecule has 5 atom stereocenters. The van der Waals surface area contributed by atoms with E-state index in [1.54, 1.807) is 0 Å². The smallest absolute Gasteiger partial charge is 0.303 e. The molecule has 0 radical (unpaired) electrons. The highest BCUT2D eigenvalue weighted by molar-refractivity contribution is 5.66. The third-order valence-electron chi connectivity index (χ3n) is 5.80. The van der Waals surface area contributed by atoms with E-state index >= 15 is 0 Å². The molecular weight excluding hydrogens is 316 g/mol. The number of carboxylic acid groups (broad SMARTS) is 1. The van der Waals surface area contributed by atoms with Gasteiger partial charge in [0.1, 0.15) is 0 Å². The van der Waals surface area contributed by atoms with Gasteiger partial charge in [-0.15, -0.1) is 0 Å². The number of carboxylic acids is 1. The third kappa shape index (κ3) is 6.27.